The average Bonchev–Trinajstić information content (AvgIpc) is 2.68. The van der Waals surface area contributed by atoms with Crippen molar-refractivity contribution in [2.75, 3.05) is 13.1 Å². The molecule has 0 radical (unpaired) electrons. The van der Waals surface area contributed by atoms with Crippen LogP contribution in [-0.4, -0.2) is 24.0 Å². The van der Waals surface area contributed by atoms with Crippen LogP contribution >= 0.6 is 0 Å². The summed E-state index contributed by atoms with van der Waals surface area (Å²) in [6.07, 6.45) is 2.47. The van der Waals surface area contributed by atoms with Crippen LogP contribution in [0.15, 0.2) is 72.8 Å². The highest BCUT2D eigenvalue weighted by molar-refractivity contribution is 5.82. The van der Waals surface area contributed by atoms with Gasteiger partial charge < -0.3 is 5.32 Å². The third-order valence-electron chi connectivity index (χ3n) is 5.25. The third-order valence-corrected chi connectivity index (χ3v) is 5.25. The largest absolute Gasteiger partial charge is 0.310 e. The van der Waals surface area contributed by atoms with Gasteiger partial charge in [0.05, 0.1) is 0 Å². The van der Waals surface area contributed by atoms with Crippen molar-refractivity contribution in [3.8, 4) is 0 Å². The quantitative estimate of drug-likeness (QED) is 0.736. The molecule has 0 aliphatic carbocycles. The van der Waals surface area contributed by atoms with Crippen molar-refractivity contribution in [1.29, 1.82) is 0 Å². The average molecular weight is 330 g/mol. The van der Waals surface area contributed by atoms with Gasteiger partial charge in [0.1, 0.15) is 0 Å². The van der Waals surface area contributed by atoms with Gasteiger partial charge >= 0.3 is 0 Å². The van der Waals surface area contributed by atoms with Crippen LogP contribution in [0.2, 0.25) is 0 Å². The summed E-state index contributed by atoms with van der Waals surface area (Å²) in [7, 11) is 0. The van der Waals surface area contributed by atoms with Crippen LogP contribution in [0.4, 0.5) is 0 Å². The topological polar surface area (TPSA) is 15.3 Å². The summed E-state index contributed by atoms with van der Waals surface area (Å²) in [4.78, 5) is 2.57. The molecule has 3 aromatic carbocycles. The SMILES string of the molecule is c1ccc(CN2CCC(NCc3ccc4ccccc4c3)CC2)cc1. The molecule has 1 saturated heterocycles. The molecule has 0 amide bonds. The van der Waals surface area contributed by atoms with E-state index in [1.807, 2.05) is 0 Å². The zero-order chi connectivity index (χ0) is 16.9. The van der Waals surface area contributed by atoms with E-state index in [1.165, 1.54) is 47.8 Å². The van der Waals surface area contributed by atoms with Gasteiger partial charge in [0.15, 0.2) is 0 Å². The maximum Gasteiger partial charge on any atom is 0.0233 e. The number of hydrogen-bond acceptors (Lipinski definition) is 2. The second-order valence-electron chi connectivity index (χ2n) is 7.10. The van der Waals surface area contributed by atoms with Crippen LogP contribution in [0.1, 0.15) is 24.0 Å². The van der Waals surface area contributed by atoms with Crippen LogP contribution in [0, 0.1) is 0 Å². The summed E-state index contributed by atoms with van der Waals surface area (Å²) in [5.41, 5.74) is 2.80. The van der Waals surface area contributed by atoms with E-state index in [-0.39, 0.29) is 0 Å². The molecule has 1 fully saturated rings. The Labute approximate surface area is 150 Å². The van der Waals surface area contributed by atoms with E-state index in [9.17, 15) is 0 Å². The first kappa shape index (κ1) is 16.3. The van der Waals surface area contributed by atoms with Gasteiger partial charge in [0.25, 0.3) is 0 Å². The Kier molecular flexibility index (Phi) is 5.10. The fourth-order valence-electron chi connectivity index (χ4n) is 3.75. The molecule has 4 rings (SSSR count). The molecule has 1 N–H and O–H groups in total. The molecule has 0 unspecified atom stereocenters. The second-order valence-corrected chi connectivity index (χ2v) is 7.10. The molecule has 2 nitrogen and oxygen atoms in total. The number of benzene rings is 3. The Balaban J connectivity index is 1.27. The van der Waals surface area contributed by atoms with Gasteiger partial charge in [-0.3, -0.25) is 4.90 Å². The van der Waals surface area contributed by atoms with Gasteiger partial charge in [-0.25, -0.2) is 0 Å². The Morgan fingerprint density at radius 1 is 0.760 bits per heavy atom. The summed E-state index contributed by atoms with van der Waals surface area (Å²) < 4.78 is 0. The molecule has 0 aromatic heterocycles. The summed E-state index contributed by atoms with van der Waals surface area (Å²) in [5.74, 6) is 0. The first-order chi connectivity index (χ1) is 12.4. The summed E-state index contributed by atoms with van der Waals surface area (Å²) >= 11 is 0. The van der Waals surface area contributed by atoms with Crippen LogP contribution in [-0.2, 0) is 13.1 Å². The molecule has 1 aliphatic rings. The van der Waals surface area contributed by atoms with E-state index < -0.39 is 0 Å². The van der Waals surface area contributed by atoms with Crippen molar-refractivity contribution in [2.24, 2.45) is 0 Å². The molecule has 2 heteroatoms. The summed E-state index contributed by atoms with van der Waals surface area (Å²) in [6, 6.07) is 26.8. The number of rotatable bonds is 5. The molecule has 1 aliphatic heterocycles. The maximum atomic E-state index is 3.76. The van der Waals surface area contributed by atoms with E-state index >= 15 is 0 Å². The van der Waals surface area contributed by atoms with Crippen molar-refractivity contribution in [3.05, 3.63) is 83.9 Å². The predicted molar refractivity (Wildman–Crippen MR) is 106 cm³/mol. The zero-order valence-electron chi connectivity index (χ0n) is 14.7. The van der Waals surface area contributed by atoms with Crippen LogP contribution in [0.5, 0.6) is 0 Å². The predicted octanol–water partition coefficient (Wildman–Crippen LogP) is 4.59. The van der Waals surface area contributed by atoms with Gasteiger partial charge in [-0.15, -0.1) is 0 Å². The second kappa shape index (κ2) is 7.81. The molecule has 0 spiro atoms. The van der Waals surface area contributed by atoms with Crippen molar-refractivity contribution >= 4 is 10.8 Å². The molecule has 128 valence electrons. The lowest BCUT2D eigenvalue weighted by atomic mass is 10.0. The summed E-state index contributed by atoms with van der Waals surface area (Å²) in [5, 5.41) is 6.41. The fourth-order valence-corrected chi connectivity index (χ4v) is 3.75. The van der Waals surface area contributed by atoms with E-state index in [0.29, 0.717) is 6.04 Å². The molecule has 1 heterocycles. The minimum atomic E-state index is 0.637. The molecule has 0 saturated carbocycles. The normalized spacial score (nSPS) is 16.3. The number of fused-ring (bicyclic) bond motifs is 1. The van der Waals surface area contributed by atoms with Gasteiger partial charge in [0.2, 0.25) is 0 Å². The van der Waals surface area contributed by atoms with Crippen molar-refractivity contribution in [2.45, 2.75) is 32.0 Å². The molecule has 0 atom stereocenters. The van der Waals surface area contributed by atoms with Gasteiger partial charge in [-0.05, 0) is 53.9 Å². The Morgan fingerprint density at radius 3 is 2.28 bits per heavy atom. The molecule has 0 bridgehead atoms. The lowest BCUT2D eigenvalue weighted by molar-refractivity contribution is 0.190. The van der Waals surface area contributed by atoms with Crippen molar-refractivity contribution in [3.63, 3.8) is 0 Å². The summed E-state index contributed by atoms with van der Waals surface area (Å²) in [6.45, 7) is 4.42. The lowest BCUT2D eigenvalue weighted by Crippen LogP contribution is -2.41. The fraction of sp³-hybridized carbons (Fsp3) is 0.304. The highest BCUT2D eigenvalue weighted by Crippen LogP contribution is 2.17. The number of likely N-dealkylation sites (tertiary alicyclic amines) is 1. The van der Waals surface area contributed by atoms with E-state index in [0.717, 1.165) is 13.1 Å². The van der Waals surface area contributed by atoms with Crippen molar-refractivity contribution in [1.82, 2.24) is 10.2 Å². The minimum Gasteiger partial charge on any atom is -0.310 e. The highest BCUT2D eigenvalue weighted by Gasteiger charge is 2.18. The minimum absolute atomic E-state index is 0.637. The first-order valence-corrected chi connectivity index (χ1v) is 9.34. The lowest BCUT2D eigenvalue weighted by Gasteiger charge is -2.32. The Morgan fingerprint density at radius 2 is 1.48 bits per heavy atom. The number of piperidine rings is 1. The Hall–Kier alpha value is -2.16. The monoisotopic (exact) mass is 330 g/mol. The van der Waals surface area contributed by atoms with Gasteiger partial charge in [-0.2, -0.15) is 0 Å². The molecule has 3 aromatic rings. The van der Waals surface area contributed by atoms with Crippen LogP contribution < -0.4 is 5.32 Å². The standard InChI is InChI=1S/C23H26N2/c1-2-6-19(7-3-1)18-25-14-12-23(13-15-25)24-17-20-10-11-21-8-4-5-9-22(21)16-20/h1-11,16,23-24H,12-15,17-18H2. The molecular formula is C23H26N2. The smallest absolute Gasteiger partial charge is 0.0233 e. The number of nitrogens with one attached hydrogen (secondary N) is 1. The molecular weight excluding hydrogens is 304 g/mol. The molecule has 25 heavy (non-hydrogen) atoms. The van der Waals surface area contributed by atoms with E-state index in [4.69, 9.17) is 0 Å². The van der Waals surface area contributed by atoms with Crippen LogP contribution in [0.3, 0.4) is 0 Å². The van der Waals surface area contributed by atoms with Gasteiger partial charge in [-0.1, -0.05) is 66.7 Å². The maximum absolute atomic E-state index is 3.76. The van der Waals surface area contributed by atoms with Crippen molar-refractivity contribution < 1.29 is 0 Å². The van der Waals surface area contributed by atoms with E-state index in [2.05, 4.69) is 83.0 Å². The first-order valence-electron chi connectivity index (χ1n) is 9.34. The Bertz CT molecular complexity index is 804. The number of nitrogens with zero attached hydrogens (tertiary/aromatic N) is 1. The van der Waals surface area contributed by atoms with E-state index in [1.54, 1.807) is 0 Å². The van der Waals surface area contributed by atoms with Gasteiger partial charge in [0, 0.05) is 19.1 Å². The zero-order valence-corrected chi connectivity index (χ0v) is 14.7. The highest BCUT2D eigenvalue weighted by atomic mass is 15.1. The third kappa shape index (κ3) is 4.28. The van der Waals surface area contributed by atoms with Crippen LogP contribution in [0.25, 0.3) is 10.8 Å². The number of hydrogen-bond donors (Lipinski definition) is 1.